The fourth-order valence-electron chi connectivity index (χ4n) is 2.36. The Labute approximate surface area is 135 Å². The Morgan fingerprint density at radius 1 is 1.26 bits per heavy atom. The number of carbonyl (C=O) groups is 1. The maximum atomic E-state index is 13.5. The summed E-state index contributed by atoms with van der Waals surface area (Å²) in [6.45, 7) is 3.39. The van der Waals surface area contributed by atoms with E-state index in [4.69, 9.17) is 4.74 Å². The van der Waals surface area contributed by atoms with Gasteiger partial charge >= 0.3 is 0 Å². The number of rotatable bonds is 7. The van der Waals surface area contributed by atoms with Gasteiger partial charge in [-0.15, -0.1) is 0 Å². The van der Waals surface area contributed by atoms with Gasteiger partial charge in [-0.2, -0.15) is 0 Å². The number of nitrogens with zero attached hydrogens (tertiary/aromatic N) is 2. The summed E-state index contributed by atoms with van der Waals surface area (Å²) in [6, 6.07) is 8.03. The van der Waals surface area contributed by atoms with Gasteiger partial charge in [-0.05, 0) is 48.7 Å². The van der Waals surface area contributed by atoms with Crippen molar-refractivity contribution in [2.75, 3.05) is 20.3 Å². The lowest BCUT2D eigenvalue weighted by Crippen LogP contribution is -2.32. The molecule has 0 unspecified atom stereocenters. The van der Waals surface area contributed by atoms with E-state index in [0.29, 0.717) is 25.3 Å². The van der Waals surface area contributed by atoms with Crippen molar-refractivity contribution in [3.05, 3.63) is 65.2 Å². The molecule has 0 bridgehead atoms. The monoisotopic (exact) mass is 316 g/mol. The van der Waals surface area contributed by atoms with Crippen LogP contribution < -0.4 is 0 Å². The molecule has 1 aromatic carbocycles. The summed E-state index contributed by atoms with van der Waals surface area (Å²) in [6.07, 6.45) is 4.11. The van der Waals surface area contributed by atoms with Crippen LogP contribution in [0.3, 0.4) is 0 Å². The van der Waals surface area contributed by atoms with Crippen molar-refractivity contribution < 1.29 is 13.9 Å². The molecule has 0 aliphatic carbocycles. The Hall–Kier alpha value is -2.27. The number of aromatic nitrogens is 1. The van der Waals surface area contributed by atoms with Crippen molar-refractivity contribution in [1.82, 2.24) is 9.88 Å². The number of pyridine rings is 1. The Morgan fingerprint density at radius 3 is 2.70 bits per heavy atom. The number of halogens is 1. The van der Waals surface area contributed by atoms with E-state index in [1.165, 1.54) is 12.1 Å². The van der Waals surface area contributed by atoms with Crippen LogP contribution in [0.4, 0.5) is 4.39 Å². The first-order valence-corrected chi connectivity index (χ1v) is 7.55. The molecule has 1 heterocycles. The van der Waals surface area contributed by atoms with Crippen LogP contribution in [0.5, 0.6) is 0 Å². The second-order valence-corrected chi connectivity index (χ2v) is 5.39. The minimum absolute atomic E-state index is 0.171. The van der Waals surface area contributed by atoms with Crippen molar-refractivity contribution in [3.8, 4) is 0 Å². The van der Waals surface area contributed by atoms with Crippen molar-refractivity contribution in [1.29, 1.82) is 0 Å². The molecule has 0 spiro atoms. The van der Waals surface area contributed by atoms with Crippen LogP contribution in [0.25, 0.3) is 0 Å². The van der Waals surface area contributed by atoms with Gasteiger partial charge in [-0.25, -0.2) is 4.39 Å². The van der Waals surface area contributed by atoms with Crippen LogP contribution in [0.1, 0.15) is 27.9 Å². The van der Waals surface area contributed by atoms with E-state index in [1.807, 2.05) is 19.1 Å². The summed E-state index contributed by atoms with van der Waals surface area (Å²) in [4.78, 5) is 18.5. The summed E-state index contributed by atoms with van der Waals surface area (Å²) < 4.78 is 18.6. The molecule has 0 radical (unpaired) electrons. The lowest BCUT2D eigenvalue weighted by molar-refractivity contribution is 0.0722. The lowest BCUT2D eigenvalue weighted by Gasteiger charge is -2.23. The molecule has 5 heteroatoms. The van der Waals surface area contributed by atoms with Gasteiger partial charge in [0.25, 0.3) is 5.91 Å². The van der Waals surface area contributed by atoms with E-state index >= 15 is 0 Å². The fraction of sp³-hybridized carbons (Fsp3) is 0.333. The Bertz CT molecular complexity index is 647. The predicted molar refractivity (Wildman–Crippen MR) is 86.6 cm³/mol. The van der Waals surface area contributed by atoms with Gasteiger partial charge in [-0.1, -0.05) is 6.07 Å². The van der Waals surface area contributed by atoms with E-state index in [-0.39, 0.29) is 5.91 Å². The third kappa shape index (κ3) is 4.86. The summed E-state index contributed by atoms with van der Waals surface area (Å²) in [5, 5.41) is 0. The van der Waals surface area contributed by atoms with E-state index < -0.39 is 5.82 Å². The van der Waals surface area contributed by atoms with E-state index in [2.05, 4.69) is 4.98 Å². The predicted octanol–water partition coefficient (Wildman–Crippen LogP) is 3.21. The topological polar surface area (TPSA) is 42.4 Å². The van der Waals surface area contributed by atoms with Crippen molar-refractivity contribution in [2.45, 2.75) is 19.9 Å². The molecular formula is C18H21FN2O2. The molecule has 2 rings (SSSR count). The molecule has 23 heavy (non-hydrogen) atoms. The third-order valence-corrected chi connectivity index (χ3v) is 3.62. The van der Waals surface area contributed by atoms with Gasteiger partial charge in [0.05, 0.1) is 0 Å². The van der Waals surface area contributed by atoms with E-state index in [1.54, 1.807) is 30.5 Å². The summed E-state index contributed by atoms with van der Waals surface area (Å²) in [7, 11) is 1.63. The molecule has 122 valence electrons. The molecule has 0 fully saturated rings. The smallest absolute Gasteiger partial charge is 0.254 e. The van der Waals surface area contributed by atoms with Gasteiger partial charge in [-0.3, -0.25) is 9.78 Å². The molecule has 0 saturated heterocycles. The molecule has 1 aromatic heterocycles. The maximum absolute atomic E-state index is 13.5. The van der Waals surface area contributed by atoms with Crippen molar-refractivity contribution in [3.63, 3.8) is 0 Å². The Kier molecular flexibility index (Phi) is 6.23. The number of carbonyl (C=O) groups excluding carboxylic acids is 1. The number of methoxy groups -OCH3 is 1. The standard InChI is InChI=1S/C18H21FN2O2/c1-14-4-5-16(19)12-17(14)18(22)21(10-3-11-23-2)13-15-6-8-20-9-7-15/h4-9,12H,3,10-11,13H2,1-2H3. The average Bonchev–Trinajstić information content (AvgIpc) is 2.56. The quantitative estimate of drug-likeness (QED) is 0.737. The molecule has 0 N–H and O–H groups in total. The third-order valence-electron chi connectivity index (χ3n) is 3.62. The zero-order valence-corrected chi connectivity index (χ0v) is 13.5. The summed E-state index contributed by atoms with van der Waals surface area (Å²) >= 11 is 0. The van der Waals surface area contributed by atoms with E-state index in [0.717, 1.165) is 17.5 Å². The average molecular weight is 316 g/mol. The number of benzene rings is 1. The minimum atomic E-state index is -0.403. The Balaban J connectivity index is 2.21. The Morgan fingerprint density at radius 2 is 2.00 bits per heavy atom. The maximum Gasteiger partial charge on any atom is 0.254 e. The molecule has 0 saturated carbocycles. The normalized spacial score (nSPS) is 10.6. The largest absolute Gasteiger partial charge is 0.385 e. The van der Waals surface area contributed by atoms with Gasteiger partial charge in [0.1, 0.15) is 5.82 Å². The van der Waals surface area contributed by atoms with Crippen LogP contribution in [0.2, 0.25) is 0 Å². The second kappa shape index (κ2) is 8.39. The van der Waals surface area contributed by atoms with Crippen LogP contribution in [0.15, 0.2) is 42.7 Å². The first kappa shape index (κ1) is 17.1. The second-order valence-electron chi connectivity index (χ2n) is 5.39. The highest BCUT2D eigenvalue weighted by molar-refractivity contribution is 5.95. The molecule has 2 aromatic rings. The highest BCUT2D eigenvalue weighted by atomic mass is 19.1. The van der Waals surface area contributed by atoms with Crippen LogP contribution >= 0.6 is 0 Å². The number of aryl methyl sites for hydroxylation is 1. The molecule has 0 aliphatic rings. The van der Waals surface area contributed by atoms with Crippen LogP contribution in [-0.2, 0) is 11.3 Å². The van der Waals surface area contributed by atoms with Gasteiger partial charge in [0.2, 0.25) is 0 Å². The summed E-state index contributed by atoms with van der Waals surface area (Å²) in [5.74, 6) is -0.574. The zero-order valence-electron chi connectivity index (χ0n) is 13.5. The SMILES string of the molecule is COCCCN(Cc1ccncc1)C(=O)c1cc(F)ccc1C. The molecule has 1 amide bonds. The first-order valence-electron chi connectivity index (χ1n) is 7.55. The van der Waals surface area contributed by atoms with E-state index in [9.17, 15) is 9.18 Å². The molecule has 0 atom stereocenters. The van der Waals surface area contributed by atoms with Gasteiger partial charge in [0, 0.05) is 44.8 Å². The van der Waals surface area contributed by atoms with Crippen molar-refractivity contribution in [2.24, 2.45) is 0 Å². The molecule has 4 nitrogen and oxygen atoms in total. The van der Waals surface area contributed by atoms with Crippen LogP contribution in [-0.4, -0.2) is 36.1 Å². The number of ether oxygens (including phenoxy) is 1. The molecule has 0 aliphatic heterocycles. The van der Waals surface area contributed by atoms with Crippen LogP contribution in [0, 0.1) is 12.7 Å². The highest BCUT2D eigenvalue weighted by Gasteiger charge is 2.18. The highest BCUT2D eigenvalue weighted by Crippen LogP contribution is 2.15. The van der Waals surface area contributed by atoms with Gasteiger partial charge < -0.3 is 9.64 Å². The van der Waals surface area contributed by atoms with Gasteiger partial charge in [0.15, 0.2) is 0 Å². The number of hydrogen-bond donors (Lipinski definition) is 0. The number of hydrogen-bond acceptors (Lipinski definition) is 3. The number of amides is 1. The van der Waals surface area contributed by atoms with Crippen molar-refractivity contribution >= 4 is 5.91 Å². The fourth-order valence-corrected chi connectivity index (χ4v) is 2.36. The molecular weight excluding hydrogens is 295 g/mol. The minimum Gasteiger partial charge on any atom is -0.385 e. The lowest BCUT2D eigenvalue weighted by atomic mass is 10.1. The summed E-state index contributed by atoms with van der Waals surface area (Å²) in [5.41, 5.74) is 2.15. The zero-order chi connectivity index (χ0) is 16.7. The first-order chi connectivity index (χ1) is 11.1.